The van der Waals surface area contributed by atoms with Crippen LogP contribution in [0.2, 0.25) is 0 Å². The number of rotatable bonds is 5. The number of carbonyl (C=O) groups excluding carboxylic acids is 2. The number of pyridine rings is 2. The number of nitriles is 1. The second kappa shape index (κ2) is 9.06. The number of aromatic nitrogens is 4. The molecule has 0 aliphatic carbocycles. The van der Waals surface area contributed by atoms with Crippen molar-refractivity contribution in [1.82, 2.24) is 19.7 Å². The van der Waals surface area contributed by atoms with Gasteiger partial charge in [-0.05, 0) is 37.3 Å². The molecule has 0 atom stereocenters. The molecule has 0 radical (unpaired) electrons. The van der Waals surface area contributed by atoms with Crippen molar-refractivity contribution in [1.29, 1.82) is 5.26 Å². The first-order valence-electron chi connectivity index (χ1n) is 10.2. The van der Waals surface area contributed by atoms with Gasteiger partial charge in [0.05, 0.1) is 40.3 Å². The van der Waals surface area contributed by atoms with Gasteiger partial charge in [-0.2, -0.15) is 23.5 Å². The van der Waals surface area contributed by atoms with E-state index in [1.54, 1.807) is 0 Å². The van der Waals surface area contributed by atoms with Gasteiger partial charge in [0.1, 0.15) is 17.6 Å². The summed E-state index contributed by atoms with van der Waals surface area (Å²) in [4.78, 5) is 32.8. The van der Waals surface area contributed by atoms with E-state index in [4.69, 9.17) is 5.73 Å². The van der Waals surface area contributed by atoms with Crippen LogP contribution in [0, 0.1) is 24.1 Å². The molecule has 3 N–H and O–H groups in total. The Morgan fingerprint density at radius 1 is 1.22 bits per heavy atom. The topological polar surface area (TPSA) is 140 Å². The molecule has 9 nitrogen and oxygen atoms in total. The van der Waals surface area contributed by atoms with Crippen molar-refractivity contribution in [2.45, 2.75) is 19.6 Å². The Hall–Kier alpha value is -4.86. The number of nitrogens with two attached hydrogens (primary N) is 1. The number of nitrogens with zero attached hydrogens (tertiary/aromatic N) is 5. The highest BCUT2D eigenvalue weighted by Crippen LogP contribution is 2.36. The predicted octanol–water partition coefficient (Wildman–Crippen LogP) is 3.56. The van der Waals surface area contributed by atoms with Gasteiger partial charge in [-0.25, -0.2) is 9.37 Å². The molecule has 0 spiro atoms. The molecule has 0 fully saturated rings. The van der Waals surface area contributed by atoms with Crippen molar-refractivity contribution in [2.75, 3.05) is 5.32 Å². The zero-order valence-electron chi connectivity index (χ0n) is 18.4. The lowest BCUT2D eigenvalue weighted by atomic mass is 10.1. The Morgan fingerprint density at radius 3 is 2.64 bits per heavy atom. The number of benzene rings is 1. The van der Waals surface area contributed by atoms with E-state index in [9.17, 15) is 32.4 Å². The zero-order chi connectivity index (χ0) is 26.2. The van der Waals surface area contributed by atoms with Crippen molar-refractivity contribution in [3.8, 4) is 6.07 Å². The highest BCUT2D eigenvalue weighted by molar-refractivity contribution is 6.10. The molecule has 0 saturated heterocycles. The molecule has 0 bridgehead atoms. The highest BCUT2D eigenvalue weighted by atomic mass is 19.4. The van der Waals surface area contributed by atoms with E-state index >= 15 is 0 Å². The van der Waals surface area contributed by atoms with Crippen LogP contribution in [0.25, 0.3) is 10.9 Å². The molecule has 4 aromatic rings. The monoisotopic (exact) mass is 497 g/mol. The number of hydrogen-bond acceptors (Lipinski definition) is 6. The van der Waals surface area contributed by atoms with Crippen molar-refractivity contribution in [3.05, 3.63) is 82.3 Å². The minimum atomic E-state index is -4.95. The number of alkyl halides is 3. The molecule has 3 aromatic heterocycles. The highest BCUT2D eigenvalue weighted by Gasteiger charge is 2.39. The first-order chi connectivity index (χ1) is 17.0. The maximum Gasteiger partial charge on any atom is 0.437 e. The molecule has 0 unspecified atom stereocenters. The van der Waals surface area contributed by atoms with Crippen LogP contribution in [0.3, 0.4) is 0 Å². The molecule has 1 aromatic carbocycles. The second-order valence-electron chi connectivity index (χ2n) is 7.58. The summed E-state index contributed by atoms with van der Waals surface area (Å²) in [7, 11) is 0. The van der Waals surface area contributed by atoms with Gasteiger partial charge in [0.25, 0.3) is 5.91 Å². The van der Waals surface area contributed by atoms with E-state index in [1.165, 1.54) is 37.4 Å². The summed E-state index contributed by atoms with van der Waals surface area (Å²) in [6.45, 7) is 1.03. The van der Waals surface area contributed by atoms with E-state index in [0.29, 0.717) is 0 Å². The number of carbonyl (C=O) groups is 2. The van der Waals surface area contributed by atoms with Gasteiger partial charge in [0.2, 0.25) is 5.91 Å². The first kappa shape index (κ1) is 24.3. The third-order valence-corrected chi connectivity index (χ3v) is 5.30. The number of anilines is 1. The number of hydrogen-bond donors (Lipinski definition) is 2. The Labute approximate surface area is 200 Å². The molecule has 0 aliphatic rings. The van der Waals surface area contributed by atoms with Gasteiger partial charge in [0.15, 0.2) is 5.69 Å². The summed E-state index contributed by atoms with van der Waals surface area (Å²) >= 11 is 0. The van der Waals surface area contributed by atoms with Crippen LogP contribution in [0.15, 0.2) is 42.6 Å². The standard InChI is InChI=1S/C23H15F4N7O2/c1-11-19(20(23(25,26)27)33-34(11)10-17-12(9-28)4-3-7-30-17)32-22(36)16-8-13(21(29)35)18-14(24)5-2-6-15(18)31-16/h2-8H,10H2,1H3,(H2,29,35)(H,32,36). The molecule has 182 valence electrons. The smallest absolute Gasteiger partial charge is 0.366 e. The number of primary amides is 1. The SMILES string of the molecule is Cc1c(NC(=O)c2cc(C(N)=O)c3c(F)cccc3n2)c(C(F)(F)F)nn1Cc1ncccc1C#N. The lowest BCUT2D eigenvalue weighted by molar-refractivity contribution is -0.140. The van der Waals surface area contributed by atoms with Gasteiger partial charge >= 0.3 is 6.18 Å². The van der Waals surface area contributed by atoms with E-state index in [1.807, 2.05) is 6.07 Å². The van der Waals surface area contributed by atoms with E-state index in [0.717, 1.165) is 16.8 Å². The number of amides is 2. The third-order valence-electron chi connectivity index (χ3n) is 5.30. The fourth-order valence-electron chi connectivity index (χ4n) is 3.59. The van der Waals surface area contributed by atoms with E-state index in [2.05, 4.69) is 20.4 Å². The van der Waals surface area contributed by atoms with Crippen LogP contribution < -0.4 is 11.1 Å². The Kier molecular flexibility index (Phi) is 6.11. The lowest BCUT2D eigenvalue weighted by Gasteiger charge is -2.11. The zero-order valence-corrected chi connectivity index (χ0v) is 18.4. The fourth-order valence-corrected chi connectivity index (χ4v) is 3.59. The van der Waals surface area contributed by atoms with E-state index in [-0.39, 0.29) is 40.0 Å². The molecular weight excluding hydrogens is 482 g/mol. The van der Waals surface area contributed by atoms with Crippen LogP contribution >= 0.6 is 0 Å². The Morgan fingerprint density at radius 2 is 1.97 bits per heavy atom. The minimum Gasteiger partial charge on any atom is -0.366 e. The van der Waals surface area contributed by atoms with Crippen LogP contribution in [0.4, 0.5) is 23.2 Å². The van der Waals surface area contributed by atoms with Crippen LogP contribution in [0.1, 0.15) is 43.5 Å². The predicted molar refractivity (Wildman–Crippen MR) is 118 cm³/mol. The maximum atomic E-state index is 14.2. The summed E-state index contributed by atoms with van der Waals surface area (Å²) in [5.41, 5.74) is 2.64. The molecule has 0 saturated carbocycles. The molecule has 13 heteroatoms. The van der Waals surface area contributed by atoms with Crippen molar-refractivity contribution in [3.63, 3.8) is 0 Å². The number of nitrogens with one attached hydrogen (secondary N) is 1. The number of halogens is 4. The molecular formula is C23H15F4N7O2. The largest absolute Gasteiger partial charge is 0.437 e. The summed E-state index contributed by atoms with van der Waals surface area (Å²) in [5, 5.41) is 14.8. The Bertz CT molecular complexity index is 1570. The quantitative estimate of drug-likeness (QED) is 0.404. The van der Waals surface area contributed by atoms with Crippen LogP contribution in [-0.2, 0) is 12.7 Å². The van der Waals surface area contributed by atoms with Crippen molar-refractivity contribution < 1.29 is 27.2 Å². The maximum absolute atomic E-state index is 14.2. The summed E-state index contributed by atoms with van der Waals surface area (Å²) in [6.07, 6.45) is -3.56. The lowest BCUT2D eigenvalue weighted by Crippen LogP contribution is -2.20. The molecule has 0 aliphatic heterocycles. The molecule has 36 heavy (non-hydrogen) atoms. The third kappa shape index (κ3) is 4.43. The van der Waals surface area contributed by atoms with Gasteiger partial charge in [0, 0.05) is 11.6 Å². The molecule has 4 rings (SSSR count). The van der Waals surface area contributed by atoms with Gasteiger partial charge in [-0.15, -0.1) is 0 Å². The minimum absolute atomic E-state index is 0.0767. The van der Waals surface area contributed by atoms with Gasteiger partial charge in [-0.3, -0.25) is 19.3 Å². The summed E-state index contributed by atoms with van der Waals surface area (Å²) in [6, 6.07) is 9.47. The Balaban J connectivity index is 1.77. The van der Waals surface area contributed by atoms with Crippen molar-refractivity contribution in [2.24, 2.45) is 5.73 Å². The van der Waals surface area contributed by atoms with Crippen LogP contribution in [0.5, 0.6) is 0 Å². The average molecular weight is 497 g/mol. The average Bonchev–Trinajstić information content (AvgIpc) is 3.14. The van der Waals surface area contributed by atoms with Gasteiger partial charge in [-0.1, -0.05) is 6.07 Å². The van der Waals surface area contributed by atoms with E-state index < -0.39 is 40.9 Å². The molecule has 2 amide bonds. The molecule has 3 heterocycles. The summed E-state index contributed by atoms with van der Waals surface area (Å²) < 4.78 is 56.6. The number of fused-ring (bicyclic) bond motifs is 1. The second-order valence-corrected chi connectivity index (χ2v) is 7.58. The summed E-state index contributed by atoms with van der Waals surface area (Å²) in [5.74, 6) is -2.96. The first-order valence-corrected chi connectivity index (χ1v) is 10.2. The fraction of sp³-hybridized carbons (Fsp3) is 0.130. The van der Waals surface area contributed by atoms with Crippen molar-refractivity contribution >= 4 is 28.4 Å². The van der Waals surface area contributed by atoms with Crippen LogP contribution in [-0.4, -0.2) is 31.6 Å². The normalized spacial score (nSPS) is 11.3. The van der Waals surface area contributed by atoms with Gasteiger partial charge < -0.3 is 11.1 Å².